The van der Waals surface area contributed by atoms with Crippen molar-refractivity contribution < 1.29 is 4.74 Å². The van der Waals surface area contributed by atoms with Gasteiger partial charge in [0, 0.05) is 32.9 Å². The normalized spacial score (nSPS) is 12.2. The fourth-order valence-electron chi connectivity index (χ4n) is 2.14. The highest BCUT2D eigenvalue weighted by molar-refractivity contribution is 9.10. The Morgan fingerprint density at radius 1 is 1.24 bits per heavy atom. The van der Waals surface area contributed by atoms with Crippen LogP contribution in [0.15, 0.2) is 40.9 Å². The second-order valence-corrected chi connectivity index (χ2v) is 6.43. The quantitative estimate of drug-likeness (QED) is 0.670. The second kappa shape index (κ2) is 7.50. The van der Waals surface area contributed by atoms with Crippen LogP contribution in [0.2, 0.25) is 10.0 Å². The molecule has 0 heterocycles. The molecule has 1 unspecified atom stereocenters. The highest BCUT2D eigenvalue weighted by atomic mass is 79.9. The van der Waals surface area contributed by atoms with Crippen LogP contribution in [0.4, 0.5) is 5.69 Å². The standard InChI is InChI=1S/C16H16BrCl2NO/c1-10(12-8-11(18)6-7-15(12)19)20-16-5-3-4-14(17)13(16)9-21-2/h3-8,10,20H,9H2,1-2H3. The molecule has 0 aliphatic heterocycles. The van der Waals surface area contributed by atoms with Crippen LogP contribution in [0, 0.1) is 0 Å². The van der Waals surface area contributed by atoms with Gasteiger partial charge in [-0.2, -0.15) is 0 Å². The van der Waals surface area contributed by atoms with Crippen LogP contribution in [0.3, 0.4) is 0 Å². The maximum atomic E-state index is 6.26. The predicted octanol–water partition coefficient (Wildman–Crippen LogP) is 6.08. The number of hydrogen-bond acceptors (Lipinski definition) is 2. The summed E-state index contributed by atoms with van der Waals surface area (Å²) in [5.74, 6) is 0. The van der Waals surface area contributed by atoms with Crippen molar-refractivity contribution in [2.24, 2.45) is 0 Å². The second-order valence-electron chi connectivity index (χ2n) is 4.73. The molecular formula is C16H16BrCl2NO. The summed E-state index contributed by atoms with van der Waals surface area (Å²) in [5.41, 5.74) is 3.05. The minimum atomic E-state index is 0.0288. The van der Waals surface area contributed by atoms with Crippen LogP contribution in [-0.4, -0.2) is 7.11 Å². The Hall–Kier alpha value is -0.740. The van der Waals surface area contributed by atoms with Gasteiger partial charge in [-0.25, -0.2) is 0 Å². The van der Waals surface area contributed by atoms with Crippen LogP contribution in [0.1, 0.15) is 24.1 Å². The molecule has 2 rings (SSSR count). The van der Waals surface area contributed by atoms with Gasteiger partial charge < -0.3 is 10.1 Å². The molecule has 0 aliphatic rings. The zero-order chi connectivity index (χ0) is 15.4. The average molecular weight is 389 g/mol. The third-order valence-electron chi connectivity index (χ3n) is 3.20. The van der Waals surface area contributed by atoms with Crippen molar-refractivity contribution in [2.45, 2.75) is 19.6 Å². The first-order chi connectivity index (χ1) is 10.0. The minimum Gasteiger partial charge on any atom is -0.380 e. The van der Waals surface area contributed by atoms with E-state index in [0.717, 1.165) is 21.3 Å². The number of ether oxygens (including phenoxy) is 1. The van der Waals surface area contributed by atoms with Gasteiger partial charge in [-0.3, -0.25) is 0 Å². The van der Waals surface area contributed by atoms with Crippen molar-refractivity contribution in [1.29, 1.82) is 0 Å². The van der Waals surface area contributed by atoms with Gasteiger partial charge in [0.2, 0.25) is 0 Å². The van der Waals surface area contributed by atoms with E-state index in [-0.39, 0.29) is 6.04 Å². The smallest absolute Gasteiger partial charge is 0.0744 e. The highest BCUT2D eigenvalue weighted by Crippen LogP contribution is 2.32. The van der Waals surface area contributed by atoms with E-state index < -0.39 is 0 Å². The Balaban J connectivity index is 2.29. The van der Waals surface area contributed by atoms with Gasteiger partial charge in [-0.1, -0.05) is 45.2 Å². The molecule has 2 nitrogen and oxygen atoms in total. The third-order valence-corrected chi connectivity index (χ3v) is 4.53. The molecule has 112 valence electrons. The first-order valence-corrected chi connectivity index (χ1v) is 8.05. The molecule has 0 amide bonds. The van der Waals surface area contributed by atoms with Gasteiger partial charge in [-0.05, 0) is 42.8 Å². The molecular weight excluding hydrogens is 373 g/mol. The lowest BCUT2D eigenvalue weighted by atomic mass is 10.1. The number of benzene rings is 2. The maximum absolute atomic E-state index is 6.26. The van der Waals surface area contributed by atoms with Crippen molar-refractivity contribution in [3.63, 3.8) is 0 Å². The van der Waals surface area contributed by atoms with Gasteiger partial charge in [0.25, 0.3) is 0 Å². The van der Waals surface area contributed by atoms with Crippen molar-refractivity contribution in [3.05, 3.63) is 62.0 Å². The fourth-order valence-corrected chi connectivity index (χ4v) is 3.08. The Bertz CT molecular complexity index is 634. The number of rotatable bonds is 5. The molecule has 0 fully saturated rings. The monoisotopic (exact) mass is 387 g/mol. The number of halogens is 3. The summed E-state index contributed by atoms with van der Waals surface area (Å²) < 4.78 is 6.28. The van der Waals surface area contributed by atoms with Crippen LogP contribution < -0.4 is 5.32 Å². The van der Waals surface area contributed by atoms with E-state index >= 15 is 0 Å². The van der Waals surface area contributed by atoms with Crippen LogP contribution >= 0.6 is 39.1 Å². The lowest BCUT2D eigenvalue weighted by Gasteiger charge is -2.20. The molecule has 0 aromatic heterocycles. The fraction of sp³-hybridized carbons (Fsp3) is 0.250. The van der Waals surface area contributed by atoms with E-state index in [1.165, 1.54) is 0 Å². The average Bonchev–Trinajstić information content (AvgIpc) is 2.45. The molecule has 0 spiro atoms. The number of methoxy groups -OCH3 is 1. The van der Waals surface area contributed by atoms with E-state index in [9.17, 15) is 0 Å². The van der Waals surface area contributed by atoms with Gasteiger partial charge in [-0.15, -0.1) is 0 Å². The van der Waals surface area contributed by atoms with E-state index in [0.29, 0.717) is 16.7 Å². The number of nitrogens with one attached hydrogen (secondary N) is 1. The summed E-state index contributed by atoms with van der Waals surface area (Å²) in [7, 11) is 1.68. The maximum Gasteiger partial charge on any atom is 0.0744 e. The summed E-state index contributed by atoms with van der Waals surface area (Å²) in [5, 5.41) is 4.84. The molecule has 0 aliphatic carbocycles. The molecule has 1 atom stereocenters. The van der Waals surface area contributed by atoms with E-state index in [1.54, 1.807) is 13.2 Å². The summed E-state index contributed by atoms with van der Waals surface area (Å²) in [6, 6.07) is 11.5. The molecule has 0 radical (unpaired) electrons. The number of anilines is 1. The van der Waals surface area contributed by atoms with Gasteiger partial charge in [0.1, 0.15) is 0 Å². The van der Waals surface area contributed by atoms with Crippen molar-refractivity contribution in [3.8, 4) is 0 Å². The molecule has 0 saturated carbocycles. The number of hydrogen-bond donors (Lipinski definition) is 1. The Morgan fingerprint density at radius 3 is 2.71 bits per heavy atom. The predicted molar refractivity (Wildman–Crippen MR) is 93.4 cm³/mol. The first kappa shape index (κ1) is 16.6. The molecule has 1 N–H and O–H groups in total. The zero-order valence-corrected chi connectivity index (χ0v) is 14.9. The zero-order valence-electron chi connectivity index (χ0n) is 11.8. The molecule has 5 heteroatoms. The van der Waals surface area contributed by atoms with Crippen LogP contribution in [0.25, 0.3) is 0 Å². The Morgan fingerprint density at radius 2 is 2.00 bits per heavy atom. The first-order valence-electron chi connectivity index (χ1n) is 6.50. The van der Waals surface area contributed by atoms with Crippen LogP contribution in [-0.2, 0) is 11.3 Å². The van der Waals surface area contributed by atoms with Gasteiger partial charge >= 0.3 is 0 Å². The molecule has 2 aromatic carbocycles. The highest BCUT2D eigenvalue weighted by Gasteiger charge is 2.13. The lowest BCUT2D eigenvalue weighted by Crippen LogP contribution is -2.09. The molecule has 21 heavy (non-hydrogen) atoms. The summed E-state index contributed by atoms with van der Waals surface area (Å²) in [4.78, 5) is 0. The summed E-state index contributed by atoms with van der Waals surface area (Å²) >= 11 is 15.9. The minimum absolute atomic E-state index is 0.0288. The summed E-state index contributed by atoms with van der Waals surface area (Å²) in [6.45, 7) is 2.58. The molecule has 0 saturated heterocycles. The van der Waals surface area contributed by atoms with Crippen LogP contribution in [0.5, 0.6) is 0 Å². The Kier molecular flexibility index (Phi) is 5.94. The van der Waals surface area contributed by atoms with Crippen molar-refractivity contribution >= 4 is 44.8 Å². The van der Waals surface area contributed by atoms with Crippen molar-refractivity contribution in [2.75, 3.05) is 12.4 Å². The van der Waals surface area contributed by atoms with E-state index in [1.807, 2.05) is 30.3 Å². The van der Waals surface area contributed by atoms with Gasteiger partial charge in [0.15, 0.2) is 0 Å². The molecule has 0 bridgehead atoms. The topological polar surface area (TPSA) is 21.3 Å². The van der Waals surface area contributed by atoms with E-state index in [2.05, 4.69) is 28.2 Å². The molecule has 2 aromatic rings. The van der Waals surface area contributed by atoms with Crippen molar-refractivity contribution in [1.82, 2.24) is 0 Å². The SMILES string of the molecule is COCc1c(Br)cccc1NC(C)c1cc(Cl)ccc1Cl. The lowest BCUT2D eigenvalue weighted by molar-refractivity contribution is 0.185. The largest absolute Gasteiger partial charge is 0.380 e. The Labute approximate surface area is 143 Å². The van der Waals surface area contributed by atoms with Gasteiger partial charge in [0.05, 0.1) is 12.6 Å². The van der Waals surface area contributed by atoms with E-state index in [4.69, 9.17) is 27.9 Å². The third kappa shape index (κ3) is 4.13. The summed E-state index contributed by atoms with van der Waals surface area (Å²) in [6.07, 6.45) is 0.